The number of methoxy groups -OCH3 is 1. The van der Waals surface area contributed by atoms with Crippen LogP contribution in [-0.2, 0) is 4.79 Å². The largest absolute Gasteiger partial charge is 0.497 e. The van der Waals surface area contributed by atoms with Gasteiger partial charge in [0.25, 0.3) is 5.91 Å². The number of carbonyl (C=O) groups is 1. The number of ether oxygens (including phenoxy) is 1. The summed E-state index contributed by atoms with van der Waals surface area (Å²) in [5.74, 6) is 0.697. The second-order valence-electron chi connectivity index (χ2n) is 8.53. The second-order valence-corrected chi connectivity index (χ2v) is 10.2. The van der Waals surface area contributed by atoms with Crippen molar-refractivity contribution < 1.29 is 9.53 Å². The summed E-state index contributed by atoms with van der Waals surface area (Å²) in [5.41, 5.74) is 5.63. The molecule has 0 bridgehead atoms. The minimum absolute atomic E-state index is 0.0915. The van der Waals surface area contributed by atoms with Gasteiger partial charge in [-0.05, 0) is 61.4 Å². The molecule has 2 heterocycles. The van der Waals surface area contributed by atoms with E-state index in [1.165, 1.54) is 11.8 Å². The molecule has 0 N–H and O–H groups in total. The predicted molar refractivity (Wildman–Crippen MR) is 150 cm³/mol. The van der Waals surface area contributed by atoms with E-state index < -0.39 is 0 Å². The fourth-order valence-corrected chi connectivity index (χ4v) is 5.69. The van der Waals surface area contributed by atoms with Crippen LogP contribution in [-0.4, -0.2) is 32.0 Å². The highest BCUT2D eigenvalue weighted by Gasteiger charge is 2.36. The number of thioether (sulfide) groups is 1. The van der Waals surface area contributed by atoms with E-state index in [4.69, 9.17) is 22.1 Å². The van der Waals surface area contributed by atoms with Crippen LogP contribution in [0.5, 0.6) is 5.75 Å². The van der Waals surface area contributed by atoms with Gasteiger partial charge in [0, 0.05) is 17.3 Å². The molecule has 1 fully saturated rings. The number of hydrogen-bond acceptors (Lipinski definition) is 5. The molecule has 0 spiro atoms. The van der Waals surface area contributed by atoms with E-state index in [-0.39, 0.29) is 11.9 Å². The van der Waals surface area contributed by atoms with E-state index in [0.29, 0.717) is 9.23 Å². The SMILES string of the molecule is COc1ccc(-c2nn(-c3ccccc3)cc2/C=C2\SC(=S)N(C(C)c3ccccc3)C2=O)c(C)c1. The summed E-state index contributed by atoms with van der Waals surface area (Å²) in [7, 11) is 1.66. The average Bonchev–Trinajstić information content (AvgIpc) is 3.44. The van der Waals surface area contributed by atoms with E-state index in [2.05, 4.69) is 0 Å². The third-order valence-electron chi connectivity index (χ3n) is 6.23. The van der Waals surface area contributed by atoms with Gasteiger partial charge in [0.1, 0.15) is 15.8 Å². The molecule has 3 aromatic carbocycles. The van der Waals surface area contributed by atoms with E-state index in [1.807, 2.05) is 110 Å². The molecular formula is C29H25N3O2S2. The normalized spacial score (nSPS) is 15.5. The Morgan fingerprint density at radius 2 is 1.72 bits per heavy atom. The Balaban J connectivity index is 1.57. The van der Waals surface area contributed by atoms with Gasteiger partial charge in [0.2, 0.25) is 0 Å². The monoisotopic (exact) mass is 511 g/mol. The third-order valence-corrected chi connectivity index (χ3v) is 7.56. The molecule has 1 aliphatic rings. The Hall–Kier alpha value is -3.68. The number of hydrogen-bond donors (Lipinski definition) is 0. The van der Waals surface area contributed by atoms with Gasteiger partial charge in [-0.25, -0.2) is 4.68 Å². The predicted octanol–water partition coefficient (Wildman–Crippen LogP) is 6.82. The van der Waals surface area contributed by atoms with Gasteiger partial charge in [0.05, 0.1) is 23.7 Å². The highest BCUT2D eigenvalue weighted by molar-refractivity contribution is 8.26. The van der Waals surface area contributed by atoms with Crippen LogP contribution in [0.3, 0.4) is 0 Å². The summed E-state index contributed by atoms with van der Waals surface area (Å²) in [6, 6.07) is 25.6. The molecule has 1 saturated heterocycles. The molecule has 0 saturated carbocycles. The number of para-hydroxylation sites is 1. The molecule has 7 heteroatoms. The van der Waals surface area contributed by atoms with Crippen molar-refractivity contribution in [1.82, 2.24) is 14.7 Å². The molecule has 5 rings (SSSR count). The maximum absolute atomic E-state index is 13.5. The van der Waals surface area contributed by atoms with Gasteiger partial charge in [-0.1, -0.05) is 72.5 Å². The highest BCUT2D eigenvalue weighted by atomic mass is 32.2. The first-order valence-electron chi connectivity index (χ1n) is 11.6. The minimum atomic E-state index is -0.153. The van der Waals surface area contributed by atoms with Crippen LogP contribution >= 0.6 is 24.0 Å². The molecule has 4 aromatic rings. The molecule has 180 valence electrons. The third kappa shape index (κ3) is 4.59. The number of aryl methyl sites for hydroxylation is 1. The topological polar surface area (TPSA) is 47.4 Å². The lowest BCUT2D eigenvalue weighted by molar-refractivity contribution is -0.123. The smallest absolute Gasteiger partial charge is 0.266 e. The Morgan fingerprint density at radius 3 is 2.39 bits per heavy atom. The van der Waals surface area contributed by atoms with Crippen LogP contribution in [0.2, 0.25) is 0 Å². The van der Waals surface area contributed by atoms with Gasteiger partial charge in [-0.3, -0.25) is 9.69 Å². The lowest BCUT2D eigenvalue weighted by Gasteiger charge is -2.23. The summed E-state index contributed by atoms with van der Waals surface area (Å²) < 4.78 is 7.79. The molecule has 1 unspecified atom stereocenters. The highest BCUT2D eigenvalue weighted by Crippen LogP contribution is 2.39. The van der Waals surface area contributed by atoms with Gasteiger partial charge in [-0.2, -0.15) is 5.10 Å². The maximum Gasteiger partial charge on any atom is 0.266 e. The van der Waals surface area contributed by atoms with Crippen LogP contribution in [0.25, 0.3) is 23.0 Å². The van der Waals surface area contributed by atoms with Crippen LogP contribution in [0.1, 0.15) is 29.7 Å². The maximum atomic E-state index is 13.5. The van der Waals surface area contributed by atoms with Crippen molar-refractivity contribution >= 4 is 40.3 Å². The number of nitrogens with zero attached hydrogens (tertiary/aromatic N) is 3. The second kappa shape index (κ2) is 10.1. The van der Waals surface area contributed by atoms with Crippen molar-refractivity contribution in [3.63, 3.8) is 0 Å². The van der Waals surface area contributed by atoms with Gasteiger partial charge in [0.15, 0.2) is 0 Å². The first-order valence-corrected chi connectivity index (χ1v) is 12.8. The molecule has 1 aromatic heterocycles. The number of rotatable bonds is 6. The number of carbonyl (C=O) groups excluding carboxylic acids is 1. The van der Waals surface area contributed by atoms with Crippen LogP contribution in [0.15, 0.2) is 90.0 Å². The molecule has 36 heavy (non-hydrogen) atoms. The summed E-state index contributed by atoms with van der Waals surface area (Å²) in [6.45, 7) is 4.03. The minimum Gasteiger partial charge on any atom is -0.497 e. The number of amides is 1. The zero-order valence-corrected chi connectivity index (χ0v) is 21.8. The zero-order valence-electron chi connectivity index (χ0n) is 20.2. The number of thiocarbonyl (C=S) groups is 1. The first kappa shape index (κ1) is 24.0. The Bertz CT molecular complexity index is 1460. The van der Waals surface area contributed by atoms with Crippen molar-refractivity contribution in [2.45, 2.75) is 19.9 Å². The summed E-state index contributed by atoms with van der Waals surface area (Å²) in [4.78, 5) is 15.8. The lowest BCUT2D eigenvalue weighted by Crippen LogP contribution is -2.30. The van der Waals surface area contributed by atoms with E-state index in [0.717, 1.165) is 39.4 Å². The van der Waals surface area contributed by atoms with E-state index in [9.17, 15) is 4.79 Å². The van der Waals surface area contributed by atoms with E-state index >= 15 is 0 Å². The molecule has 1 atom stereocenters. The first-order chi connectivity index (χ1) is 17.5. The molecule has 1 amide bonds. The standard InChI is InChI=1S/C29H25N3O2S2/c1-19-16-24(34-3)14-15-25(19)27-22(18-31(30-27)23-12-8-5-9-13-23)17-26-28(33)32(29(35)36-26)20(2)21-10-6-4-7-11-21/h4-18,20H,1-3H3/b26-17-. The fourth-order valence-electron chi connectivity index (χ4n) is 4.28. The van der Waals surface area contributed by atoms with Crippen LogP contribution in [0.4, 0.5) is 0 Å². The number of benzene rings is 3. The van der Waals surface area contributed by atoms with Gasteiger partial charge >= 0.3 is 0 Å². The quantitative estimate of drug-likeness (QED) is 0.210. The fraction of sp³-hybridized carbons (Fsp3) is 0.138. The van der Waals surface area contributed by atoms with Crippen LogP contribution in [0, 0.1) is 6.92 Å². The van der Waals surface area contributed by atoms with Crippen molar-refractivity contribution in [3.05, 3.63) is 107 Å². The summed E-state index contributed by atoms with van der Waals surface area (Å²) in [5, 5.41) is 4.92. The Morgan fingerprint density at radius 1 is 1.03 bits per heavy atom. The Kier molecular flexibility index (Phi) is 6.76. The molecule has 5 nitrogen and oxygen atoms in total. The zero-order chi connectivity index (χ0) is 25.2. The van der Waals surface area contributed by atoms with Crippen molar-refractivity contribution in [3.8, 4) is 22.7 Å². The van der Waals surface area contributed by atoms with Crippen LogP contribution < -0.4 is 4.74 Å². The number of aromatic nitrogens is 2. The van der Waals surface area contributed by atoms with E-state index in [1.54, 1.807) is 12.0 Å². The molecule has 0 aliphatic carbocycles. The average molecular weight is 512 g/mol. The van der Waals surface area contributed by atoms with Crippen molar-refractivity contribution in [1.29, 1.82) is 0 Å². The van der Waals surface area contributed by atoms with Gasteiger partial charge in [-0.15, -0.1) is 0 Å². The summed E-state index contributed by atoms with van der Waals surface area (Å²) in [6.07, 6.45) is 3.87. The Labute approximate surface area is 220 Å². The van der Waals surface area contributed by atoms with Gasteiger partial charge < -0.3 is 4.74 Å². The summed E-state index contributed by atoms with van der Waals surface area (Å²) >= 11 is 6.97. The molecule has 0 radical (unpaired) electrons. The van der Waals surface area contributed by atoms with Crippen molar-refractivity contribution in [2.24, 2.45) is 0 Å². The van der Waals surface area contributed by atoms with Crippen molar-refractivity contribution in [2.75, 3.05) is 7.11 Å². The molecule has 1 aliphatic heterocycles. The molecular weight excluding hydrogens is 486 g/mol. The lowest BCUT2D eigenvalue weighted by atomic mass is 10.0.